The molecule has 0 unspecified atom stereocenters. The van der Waals surface area contributed by atoms with Gasteiger partial charge in [0.2, 0.25) is 5.69 Å². The third kappa shape index (κ3) is 3.09. The van der Waals surface area contributed by atoms with Crippen LogP contribution in [0.25, 0.3) is 32.8 Å². The Morgan fingerprint density at radius 2 is 1.71 bits per heavy atom. The standard InChI is InChI=1S/C28H32NOSi/c1-17(2)14-23-22-11-9-8-10-21(22)18(3)25-27-26-19(12-13-29(27)4)15-20(31(5,6)7)16-24(26)30-28(23)25/h8-13,15-17H,14H2,1-7H3/q+1. The quantitative estimate of drug-likeness (QED) is 0.233. The molecule has 0 saturated carbocycles. The molecule has 0 bridgehead atoms. The van der Waals surface area contributed by atoms with Gasteiger partial charge in [0.1, 0.15) is 18.5 Å². The Kier molecular flexibility index (Phi) is 4.53. The number of fused-ring (bicyclic) bond motifs is 3. The highest BCUT2D eigenvalue weighted by atomic mass is 28.3. The molecule has 2 heterocycles. The number of hydrogen-bond acceptors (Lipinski definition) is 1. The summed E-state index contributed by atoms with van der Waals surface area (Å²) >= 11 is 0. The number of aromatic nitrogens is 1. The number of hydrogen-bond donors (Lipinski definition) is 0. The van der Waals surface area contributed by atoms with E-state index in [0.717, 1.165) is 17.9 Å². The summed E-state index contributed by atoms with van der Waals surface area (Å²) in [6, 6.07) is 15.8. The van der Waals surface area contributed by atoms with E-state index in [1.165, 1.54) is 49.1 Å². The van der Waals surface area contributed by atoms with Gasteiger partial charge < -0.3 is 4.74 Å². The van der Waals surface area contributed by atoms with Crippen LogP contribution in [0.5, 0.6) is 11.5 Å². The molecule has 0 atom stereocenters. The zero-order chi connectivity index (χ0) is 22.1. The molecule has 1 aliphatic rings. The summed E-state index contributed by atoms with van der Waals surface area (Å²) in [5.74, 6) is 2.64. The van der Waals surface area contributed by atoms with Crippen LogP contribution in [0, 0.1) is 12.8 Å². The fourth-order valence-electron chi connectivity index (χ4n) is 5.05. The SMILES string of the molecule is Cc1c2c(c(CC(C)C)c3ccccc13)Oc1cc([Si](C)(C)C)cc3cc[n+](C)c-2c13. The second kappa shape index (κ2) is 6.93. The minimum atomic E-state index is -1.48. The van der Waals surface area contributed by atoms with E-state index in [2.05, 4.69) is 101 Å². The van der Waals surface area contributed by atoms with Crippen molar-refractivity contribution >= 4 is 34.8 Å². The second-order valence-corrected chi connectivity index (χ2v) is 15.6. The molecule has 1 aliphatic heterocycles. The zero-order valence-corrected chi connectivity index (χ0v) is 20.8. The Morgan fingerprint density at radius 3 is 2.39 bits per heavy atom. The number of nitrogens with zero attached hydrogens (tertiary/aromatic N) is 1. The Morgan fingerprint density at radius 1 is 1.00 bits per heavy atom. The van der Waals surface area contributed by atoms with Gasteiger partial charge in [0.15, 0.2) is 6.20 Å². The van der Waals surface area contributed by atoms with E-state index in [9.17, 15) is 0 Å². The topological polar surface area (TPSA) is 13.1 Å². The highest BCUT2D eigenvalue weighted by molar-refractivity contribution is 6.88. The maximum Gasteiger partial charge on any atom is 0.228 e. The Balaban J connectivity index is 1.95. The summed E-state index contributed by atoms with van der Waals surface area (Å²) < 4.78 is 9.15. The first-order chi connectivity index (χ1) is 14.7. The van der Waals surface area contributed by atoms with Crippen molar-refractivity contribution in [3.05, 3.63) is 59.8 Å². The molecule has 0 N–H and O–H groups in total. The first-order valence-electron chi connectivity index (χ1n) is 11.4. The van der Waals surface area contributed by atoms with Crippen LogP contribution in [0.1, 0.15) is 25.0 Å². The van der Waals surface area contributed by atoms with E-state index in [1.807, 2.05) is 0 Å². The third-order valence-corrected chi connectivity index (χ3v) is 8.68. The number of benzene rings is 3. The molecule has 3 aromatic carbocycles. The first kappa shape index (κ1) is 20.3. The van der Waals surface area contributed by atoms with Gasteiger partial charge in [-0.2, -0.15) is 0 Å². The molecule has 2 nitrogen and oxygen atoms in total. The minimum Gasteiger partial charge on any atom is -0.455 e. The average Bonchev–Trinajstić information content (AvgIpc) is 2.71. The number of pyridine rings is 1. The molecule has 0 fully saturated rings. The maximum atomic E-state index is 6.87. The Hall–Kier alpha value is -2.65. The first-order valence-corrected chi connectivity index (χ1v) is 14.9. The van der Waals surface area contributed by atoms with Crippen molar-refractivity contribution in [3.8, 4) is 22.8 Å². The summed E-state index contributed by atoms with van der Waals surface area (Å²) in [7, 11) is 0.686. The molecule has 0 radical (unpaired) electrons. The van der Waals surface area contributed by atoms with Crippen molar-refractivity contribution in [1.29, 1.82) is 0 Å². The highest BCUT2D eigenvalue weighted by Crippen LogP contribution is 2.50. The van der Waals surface area contributed by atoms with Crippen LogP contribution in [-0.2, 0) is 13.5 Å². The van der Waals surface area contributed by atoms with Crippen molar-refractivity contribution < 1.29 is 9.30 Å². The van der Waals surface area contributed by atoms with Crippen LogP contribution in [0.2, 0.25) is 19.6 Å². The molecule has 0 saturated heterocycles. The van der Waals surface area contributed by atoms with E-state index in [0.29, 0.717) is 5.92 Å². The lowest BCUT2D eigenvalue weighted by atomic mass is 9.86. The van der Waals surface area contributed by atoms with E-state index in [-0.39, 0.29) is 0 Å². The predicted octanol–water partition coefficient (Wildman–Crippen LogP) is 6.64. The Bertz CT molecular complexity index is 1360. The van der Waals surface area contributed by atoms with E-state index < -0.39 is 8.07 Å². The van der Waals surface area contributed by atoms with Gasteiger partial charge in [0.25, 0.3) is 0 Å². The van der Waals surface area contributed by atoms with E-state index in [1.54, 1.807) is 0 Å². The van der Waals surface area contributed by atoms with Gasteiger partial charge in [-0.1, -0.05) is 69.0 Å². The lowest BCUT2D eigenvalue weighted by Crippen LogP contribution is -2.38. The number of aryl methyl sites for hydroxylation is 2. The largest absolute Gasteiger partial charge is 0.455 e. The molecular formula is C28H32NOSi+. The predicted molar refractivity (Wildman–Crippen MR) is 134 cm³/mol. The molecule has 1 aromatic heterocycles. The van der Waals surface area contributed by atoms with Gasteiger partial charge in [0, 0.05) is 11.6 Å². The molecule has 0 aliphatic carbocycles. The van der Waals surface area contributed by atoms with Crippen molar-refractivity contribution in [2.45, 2.75) is 46.8 Å². The summed E-state index contributed by atoms with van der Waals surface area (Å²) in [6.45, 7) is 14.1. The van der Waals surface area contributed by atoms with Gasteiger partial charge in [-0.05, 0) is 47.1 Å². The van der Waals surface area contributed by atoms with Gasteiger partial charge in [0.05, 0.1) is 19.0 Å². The molecule has 31 heavy (non-hydrogen) atoms. The second-order valence-electron chi connectivity index (χ2n) is 10.5. The monoisotopic (exact) mass is 426 g/mol. The lowest BCUT2D eigenvalue weighted by Gasteiger charge is -2.27. The zero-order valence-electron chi connectivity index (χ0n) is 19.8. The van der Waals surface area contributed by atoms with Gasteiger partial charge in [-0.3, -0.25) is 0 Å². The third-order valence-electron chi connectivity index (χ3n) is 6.66. The van der Waals surface area contributed by atoms with Crippen molar-refractivity contribution in [1.82, 2.24) is 0 Å². The molecular weight excluding hydrogens is 394 g/mol. The molecule has 5 rings (SSSR count). The smallest absolute Gasteiger partial charge is 0.228 e. The van der Waals surface area contributed by atoms with E-state index >= 15 is 0 Å². The molecule has 0 spiro atoms. The van der Waals surface area contributed by atoms with Crippen LogP contribution in [0.4, 0.5) is 0 Å². The molecule has 158 valence electrons. The van der Waals surface area contributed by atoms with Gasteiger partial charge in [-0.25, -0.2) is 4.57 Å². The van der Waals surface area contributed by atoms with Crippen LogP contribution < -0.4 is 14.5 Å². The highest BCUT2D eigenvalue weighted by Gasteiger charge is 2.33. The summed E-state index contributed by atoms with van der Waals surface area (Å²) in [6.07, 6.45) is 3.22. The summed E-state index contributed by atoms with van der Waals surface area (Å²) in [5, 5.41) is 6.63. The molecule has 3 heteroatoms. The van der Waals surface area contributed by atoms with Gasteiger partial charge >= 0.3 is 0 Å². The van der Waals surface area contributed by atoms with Crippen LogP contribution in [0.15, 0.2) is 48.7 Å². The minimum absolute atomic E-state index is 0.554. The average molecular weight is 427 g/mol. The van der Waals surface area contributed by atoms with Crippen molar-refractivity contribution in [3.63, 3.8) is 0 Å². The van der Waals surface area contributed by atoms with Crippen molar-refractivity contribution in [2.24, 2.45) is 13.0 Å². The summed E-state index contributed by atoms with van der Waals surface area (Å²) in [4.78, 5) is 0. The van der Waals surface area contributed by atoms with Crippen LogP contribution in [0.3, 0.4) is 0 Å². The van der Waals surface area contributed by atoms with Gasteiger partial charge in [-0.15, -0.1) is 0 Å². The maximum absolute atomic E-state index is 6.87. The van der Waals surface area contributed by atoms with E-state index in [4.69, 9.17) is 4.74 Å². The molecule has 0 amide bonds. The fraction of sp³-hybridized carbons (Fsp3) is 0.321. The van der Waals surface area contributed by atoms with Crippen molar-refractivity contribution in [2.75, 3.05) is 0 Å². The van der Waals surface area contributed by atoms with Crippen LogP contribution in [-0.4, -0.2) is 8.07 Å². The number of rotatable bonds is 3. The lowest BCUT2D eigenvalue weighted by molar-refractivity contribution is -0.659. The molecule has 4 aromatic rings. The number of ether oxygens (including phenoxy) is 1. The van der Waals surface area contributed by atoms with Crippen LogP contribution >= 0.6 is 0 Å². The Labute approximate surface area is 186 Å². The summed E-state index contributed by atoms with van der Waals surface area (Å²) in [5.41, 5.74) is 5.19. The normalized spacial score (nSPS) is 13.0. The fourth-order valence-corrected chi connectivity index (χ4v) is 6.20.